The molecule has 0 aromatic heterocycles. The Morgan fingerprint density at radius 3 is 2.43 bits per heavy atom. The van der Waals surface area contributed by atoms with Crippen molar-refractivity contribution in [3.63, 3.8) is 0 Å². The summed E-state index contributed by atoms with van der Waals surface area (Å²) in [6.45, 7) is 11.1. The number of hydrogen-bond acceptors (Lipinski definition) is 3. The van der Waals surface area contributed by atoms with Gasteiger partial charge in [-0.25, -0.2) is 0 Å². The van der Waals surface area contributed by atoms with Gasteiger partial charge < -0.3 is 14.8 Å². The van der Waals surface area contributed by atoms with E-state index >= 15 is 0 Å². The largest absolute Gasteiger partial charge is 0.374 e. The van der Waals surface area contributed by atoms with E-state index in [1.165, 1.54) is 32.1 Å². The van der Waals surface area contributed by atoms with Gasteiger partial charge in [0.2, 0.25) is 0 Å². The zero-order valence-electron chi connectivity index (χ0n) is 14.5. The van der Waals surface area contributed by atoms with Crippen molar-refractivity contribution >= 4 is 0 Å². The van der Waals surface area contributed by atoms with Gasteiger partial charge in [0, 0.05) is 12.6 Å². The summed E-state index contributed by atoms with van der Waals surface area (Å²) in [7, 11) is 0. The standard InChI is InChI=1S/C18H35NO2/c1-5-11-19-15-13-16(17(15)20-12-6-2)21-14-7-9-18(3,4)10-8-14/h14-17,19H,5-13H2,1-4H3. The van der Waals surface area contributed by atoms with Crippen LogP contribution in [0.15, 0.2) is 0 Å². The summed E-state index contributed by atoms with van der Waals surface area (Å²) in [5.41, 5.74) is 0.517. The molecule has 2 rings (SSSR count). The highest BCUT2D eigenvalue weighted by atomic mass is 16.6. The number of rotatable bonds is 8. The van der Waals surface area contributed by atoms with Gasteiger partial charge in [-0.3, -0.25) is 0 Å². The van der Waals surface area contributed by atoms with Crippen molar-refractivity contribution in [1.29, 1.82) is 0 Å². The monoisotopic (exact) mass is 297 g/mol. The molecule has 3 atom stereocenters. The fourth-order valence-electron chi connectivity index (χ4n) is 3.48. The third kappa shape index (κ3) is 4.94. The van der Waals surface area contributed by atoms with Crippen LogP contribution in [-0.4, -0.2) is 37.5 Å². The molecular weight excluding hydrogens is 262 g/mol. The zero-order chi connectivity index (χ0) is 15.3. The molecule has 2 fully saturated rings. The maximum atomic E-state index is 6.38. The number of ether oxygens (including phenoxy) is 2. The fourth-order valence-corrected chi connectivity index (χ4v) is 3.48. The van der Waals surface area contributed by atoms with Crippen LogP contribution in [0.25, 0.3) is 0 Å². The van der Waals surface area contributed by atoms with Crippen molar-refractivity contribution in [2.24, 2.45) is 5.41 Å². The Labute approximate surface area is 131 Å². The molecule has 0 heterocycles. The van der Waals surface area contributed by atoms with E-state index in [0.29, 0.717) is 23.7 Å². The van der Waals surface area contributed by atoms with Gasteiger partial charge in [-0.1, -0.05) is 27.7 Å². The summed E-state index contributed by atoms with van der Waals surface area (Å²) in [6, 6.07) is 0.501. The summed E-state index contributed by atoms with van der Waals surface area (Å²) in [5.74, 6) is 0. The van der Waals surface area contributed by atoms with E-state index in [1.807, 2.05) is 0 Å². The molecule has 2 aliphatic rings. The Morgan fingerprint density at radius 1 is 1.10 bits per heavy atom. The van der Waals surface area contributed by atoms with Crippen LogP contribution in [0.5, 0.6) is 0 Å². The van der Waals surface area contributed by atoms with E-state index in [1.54, 1.807) is 0 Å². The molecule has 2 aliphatic carbocycles. The van der Waals surface area contributed by atoms with E-state index in [0.717, 1.165) is 26.0 Å². The minimum absolute atomic E-state index is 0.270. The van der Waals surface area contributed by atoms with Crippen molar-refractivity contribution in [2.75, 3.05) is 13.2 Å². The molecule has 0 aliphatic heterocycles. The molecule has 3 heteroatoms. The van der Waals surface area contributed by atoms with E-state index < -0.39 is 0 Å². The first-order valence-electron chi connectivity index (χ1n) is 9.06. The van der Waals surface area contributed by atoms with Crippen molar-refractivity contribution < 1.29 is 9.47 Å². The smallest absolute Gasteiger partial charge is 0.0990 e. The van der Waals surface area contributed by atoms with Crippen LogP contribution in [0, 0.1) is 5.41 Å². The van der Waals surface area contributed by atoms with Gasteiger partial charge in [-0.2, -0.15) is 0 Å². The van der Waals surface area contributed by atoms with Crippen LogP contribution in [-0.2, 0) is 9.47 Å². The predicted octanol–water partition coefficient (Wildman–Crippen LogP) is 3.91. The van der Waals surface area contributed by atoms with Gasteiger partial charge >= 0.3 is 0 Å². The highest BCUT2D eigenvalue weighted by Gasteiger charge is 2.44. The Kier molecular flexibility index (Phi) is 6.51. The van der Waals surface area contributed by atoms with Crippen LogP contribution in [0.1, 0.15) is 72.6 Å². The average Bonchev–Trinajstić information content (AvgIpc) is 2.44. The van der Waals surface area contributed by atoms with Gasteiger partial charge in [0.1, 0.15) is 0 Å². The SMILES string of the molecule is CCCNC1CC(OC2CCC(C)(C)CC2)C1OCCC. The van der Waals surface area contributed by atoms with Crippen LogP contribution < -0.4 is 5.32 Å². The molecule has 3 nitrogen and oxygen atoms in total. The molecule has 0 radical (unpaired) electrons. The van der Waals surface area contributed by atoms with Crippen LogP contribution in [0.4, 0.5) is 0 Å². The molecule has 0 aromatic rings. The first-order chi connectivity index (χ1) is 10.1. The zero-order valence-corrected chi connectivity index (χ0v) is 14.5. The maximum Gasteiger partial charge on any atom is 0.0990 e. The summed E-state index contributed by atoms with van der Waals surface area (Å²) >= 11 is 0. The van der Waals surface area contributed by atoms with Crippen molar-refractivity contribution in [3.8, 4) is 0 Å². The van der Waals surface area contributed by atoms with Crippen molar-refractivity contribution in [2.45, 2.75) is 97.0 Å². The Balaban J connectivity index is 1.76. The van der Waals surface area contributed by atoms with Crippen LogP contribution >= 0.6 is 0 Å². The first kappa shape index (κ1) is 17.2. The molecule has 0 amide bonds. The van der Waals surface area contributed by atoms with Gasteiger partial charge in [0.15, 0.2) is 0 Å². The van der Waals surface area contributed by atoms with E-state index in [4.69, 9.17) is 9.47 Å². The summed E-state index contributed by atoms with van der Waals surface area (Å²) in [5, 5.41) is 3.60. The number of nitrogens with one attached hydrogen (secondary N) is 1. The van der Waals surface area contributed by atoms with E-state index in [9.17, 15) is 0 Å². The summed E-state index contributed by atoms with van der Waals surface area (Å²) in [6.07, 6.45) is 9.46. The normalized spacial score (nSPS) is 32.9. The first-order valence-corrected chi connectivity index (χ1v) is 9.06. The Hall–Kier alpha value is -0.120. The maximum absolute atomic E-state index is 6.38. The molecule has 3 unspecified atom stereocenters. The highest BCUT2D eigenvalue weighted by Crippen LogP contribution is 2.38. The molecule has 2 saturated carbocycles. The van der Waals surface area contributed by atoms with Crippen molar-refractivity contribution in [3.05, 3.63) is 0 Å². The molecule has 0 bridgehead atoms. The third-order valence-corrected chi connectivity index (χ3v) is 5.07. The lowest BCUT2D eigenvalue weighted by Gasteiger charge is -2.47. The van der Waals surface area contributed by atoms with Crippen LogP contribution in [0.2, 0.25) is 0 Å². The molecule has 1 N–H and O–H groups in total. The van der Waals surface area contributed by atoms with Gasteiger partial charge in [0.05, 0.1) is 18.3 Å². The molecule has 0 aromatic carbocycles. The second kappa shape index (κ2) is 7.94. The minimum atomic E-state index is 0.270. The third-order valence-electron chi connectivity index (χ3n) is 5.07. The molecular formula is C18H35NO2. The summed E-state index contributed by atoms with van der Waals surface area (Å²) in [4.78, 5) is 0. The van der Waals surface area contributed by atoms with Crippen molar-refractivity contribution in [1.82, 2.24) is 5.32 Å². The molecule has 21 heavy (non-hydrogen) atoms. The van der Waals surface area contributed by atoms with E-state index in [-0.39, 0.29) is 6.10 Å². The lowest BCUT2D eigenvalue weighted by Crippen LogP contribution is -2.61. The lowest BCUT2D eigenvalue weighted by atomic mass is 9.76. The average molecular weight is 297 g/mol. The van der Waals surface area contributed by atoms with Gasteiger partial charge in [-0.15, -0.1) is 0 Å². The quantitative estimate of drug-likeness (QED) is 0.737. The fraction of sp³-hybridized carbons (Fsp3) is 1.00. The van der Waals surface area contributed by atoms with Gasteiger partial charge in [-0.05, 0) is 56.9 Å². The second-order valence-electron chi connectivity index (χ2n) is 7.67. The van der Waals surface area contributed by atoms with Crippen LogP contribution in [0.3, 0.4) is 0 Å². The Morgan fingerprint density at radius 2 is 1.81 bits per heavy atom. The molecule has 0 spiro atoms. The number of hydrogen-bond donors (Lipinski definition) is 1. The minimum Gasteiger partial charge on any atom is -0.374 e. The van der Waals surface area contributed by atoms with Gasteiger partial charge in [0.25, 0.3) is 0 Å². The predicted molar refractivity (Wildman–Crippen MR) is 87.6 cm³/mol. The summed E-state index contributed by atoms with van der Waals surface area (Å²) < 4.78 is 12.4. The lowest BCUT2D eigenvalue weighted by molar-refractivity contribution is -0.175. The molecule has 124 valence electrons. The Bertz CT molecular complexity index is 296. The topological polar surface area (TPSA) is 30.5 Å². The van der Waals surface area contributed by atoms with E-state index in [2.05, 4.69) is 33.0 Å². The highest BCUT2D eigenvalue weighted by molar-refractivity contribution is 4.98. The molecule has 0 saturated heterocycles. The second-order valence-corrected chi connectivity index (χ2v) is 7.67.